The molecule has 0 spiro atoms. The number of amides is 1. The van der Waals surface area contributed by atoms with Gasteiger partial charge in [-0.3, -0.25) is 4.79 Å². The van der Waals surface area contributed by atoms with Gasteiger partial charge in [0.1, 0.15) is 5.82 Å². The van der Waals surface area contributed by atoms with E-state index in [1.807, 2.05) is 30.3 Å². The van der Waals surface area contributed by atoms with Crippen LogP contribution in [0.4, 0.5) is 10.1 Å². The molecule has 21 heavy (non-hydrogen) atoms. The van der Waals surface area contributed by atoms with Crippen molar-refractivity contribution in [3.63, 3.8) is 0 Å². The predicted molar refractivity (Wildman–Crippen MR) is 82.5 cm³/mol. The van der Waals surface area contributed by atoms with Crippen LogP contribution < -0.4 is 11.1 Å². The summed E-state index contributed by atoms with van der Waals surface area (Å²) in [5.41, 5.74) is 8.33. The Balaban J connectivity index is 1.90. The van der Waals surface area contributed by atoms with Gasteiger partial charge in [-0.2, -0.15) is 0 Å². The van der Waals surface area contributed by atoms with Gasteiger partial charge in [0.05, 0.1) is 6.04 Å². The molecule has 0 radical (unpaired) electrons. The second-order valence-electron chi connectivity index (χ2n) is 5.08. The second kappa shape index (κ2) is 6.99. The SMILES string of the molecule is Cc1cc(F)ccc1NC(=O)[C@@H](N)CCc1ccccc1. The Morgan fingerprint density at radius 1 is 1.24 bits per heavy atom. The quantitative estimate of drug-likeness (QED) is 0.887. The number of hydrogen-bond donors (Lipinski definition) is 2. The average Bonchev–Trinajstić information content (AvgIpc) is 2.48. The van der Waals surface area contributed by atoms with Gasteiger partial charge in [-0.15, -0.1) is 0 Å². The van der Waals surface area contributed by atoms with Crippen molar-refractivity contribution in [3.8, 4) is 0 Å². The maximum atomic E-state index is 13.0. The lowest BCUT2D eigenvalue weighted by atomic mass is 10.1. The lowest BCUT2D eigenvalue weighted by molar-refractivity contribution is -0.117. The third-order valence-electron chi connectivity index (χ3n) is 3.37. The minimum Gasteiger partial charge on any atom is -0.324 e. The Kier molecular flexibility index (Phi) is 5.06. The number of carbonyl (C=O) groups is 1. The van der Waals surface area contributed by atoms with Crippen molar-refractivity contribution < 1.29 is 9.18 Å². The molecule has 2 aromatic carbocycles. The van der Waals surface area contributed by atoms with Gasteiger partial charge in [-0.05, 0) is 49.1 Å². The van der Waals surface area contributed by atoms with Crippen molar-refractivity contribution in [3.05, 3.63) is 65.5 Å². The van der Waals surface area contributed by atoms with E-state index in [1.54, 1.807) is 13.0 Å². The van der Waals surface area contributed by atoms with Crippen LogP contribution in [0.15, 0.2) is 48.5 Å². The second-order valence-corrected chi connectivity index (χ2v) is 5.08. The molecule has 0 aliphatic heterocycles. The summed E-state index contributed by atoms with van der Waals surface area (Å²) in [6, 6.07) is 13.5. The summed E-state index contributed by atoms with van der Waals surface area (Å²) in [4.78, 5) is 12.0. The average molecular weight is 286 g/mol. The highest BCUT2D eigenvalue weighted by Gasteiger charge is 2.14. The summed E-state index contributed by atoms with van der Waals surface area (Å²) in [6.07, 6.45) is 1.31. The number of halogens is 1. The van der Waals surface area contributed by atoms with Gasteiger partial charge < -0.3 is 11.1 Å². The molecular formula is C17H19FN2O. The first-order valence-corrected chi connectivity index (χ1v) is 6.93. The summed E-state index contributed by atoms with van der Waals surface area (Å²) in [7, 11) is 0. The van der Waals surface area contributed by atoms with Crippen molar-refractivity contribution in [2.45, 2.75) is 25.8 Å². The van der Waals surface area contributed by atoms with E-state index in [9.17, 15) is 9.18 Å². The number of rotatable bonds is 5. The zero-order chi connectivity index (χ0) is 15.2. The van der Waals surface area contributed by atoms with E-state index in [0.717, 1.165) is 12.0 Å². The summed E-state index contributed by atoms with van der Waals surface area (Å²) in [5, 5.41) is 2.74. The molecule has 1 amide bonds. The van der Waals surface area contributed by atoms with E-state index in [0.29, 0.717) is 17.7 Å². The zero-order valence-corrected chi connectivity index (χ0v) is 12.0. The molecule has 0 unspecified atom stereocenters. The summed E-state index contributed by atoms with van der Waals surface area (Å²) in [6.45, 7) is 1.74. The lowest BCUT2D eigenvalue weighted by Crippen LogP contribution is -2.36. The van der Waals surface area contributed by atoms with E-state index < -0.39 is 6.04 Å². The Bertz CT molecular complexity index is 613. The van der Waals surface area contributed by atoms with Gasteiger partial charge in [0.15, 0.2) is 0 Å². The number of anilines is 1. The number of benzene rings is 2. The van der Waals surface area contributed by atoms with Crippen LogP contribution in [0, 0.1) is 12.7 Å². The predicted octanol–water partition coefficient (Wildman–Crippen LogP) is 3.03. The number of aryl methyl sites for hydroxylation is 2. The monoisotopic (exact) mass is 286 g/mol. The molecule has 0 aromatic heterocycles. The fraction of sp³-hybridized carbons (Fsp3) is 0.235. The van der Waals surface area contributed by atoms with Crippen LogP contribution in [0.3, 0.4) is 0 Å². The summed E-state index contributed by atoms with van der Waals surface area (Å²) < 4.78 is 13.0. The number of nitrogens with two attached hydrogens (primary N) is 1. The van der Waals surface area contributed by atoms with E-state index >= 15 is 0 Å². The molecule has 3 N–H and O–H groups in total. The van der Waals surface area contributed by atoms with Crippen molar-refractivity contribution in [1.29, 1.82) is 0 Å². The Morgan fingerprint density at radius 2 is 1.95 bits per heavy atom. The van der Waals surface area contributed by atoms with Crippen molar-refractivity contribution in [1.82, 2.24) is 0 Å². The van der Waals surface area contributed by atoms with Crippen LogP contribution in [0.2, 0.25) is 0 Å². The van der Waals surface area contributed by atoms with E-state index in [1.165, 1.54) is 12.1 Å². The van der Waals surface area contributed by atoms with Crippen LogP contribution in [0.5, 0.6) is 0 Å². The van der Waals surface area contributed by atoms with E-state index in [4.69, 9.17) is 5.73 Å². The highest BCUT2D eigenvalue weighted by atomic mass is 19.1. The first kappa shape index (κ1) is 15.2. The van der Waals surface area contributed by atoms with Crippen LogP contribution >= 0.6 is 0 Å². The molecular weight excluding hydrogens is 267 g/mol. The lowest BCUT2D eigenvalue weighted by Gasteiger charge is -2.13. The van der Waals surface area contributed by atoms with Crippen LogP contribution in [-0.4, -0.2) is 11.9 Å². The first-order valence-electron chi connectivity index (χ1n) is 6.93. The van der Waals surface area contributed by atoms with E-state index in [2.05, 4.69) is 5.32 Å². The van der Waals surface area contributed by atoms with Crippen LogP contribution in [0.25, 0.3) is 0 Å². The molecule has 4 heteroatoms. The van der Waals surface area contributed by atoms with Gasteiger partial charge in [0.25, 0.3) is 0 Å². The molecule has 2 rings (SSSR count). The van der Waals surface area contributed by atoms with Gasteiger partial charge in [0.2, 0.25) is 5.91 Å². The minimum atomic E-state index is -0.588. The Morgan fingerprint density at radius 3 is 2.62 bits per heavy atom. The van der Waals surface area contributed by atoms with Gasteiger partial charge in [-0.1, -0.05) is 30.3 Å². The largest absolute Gasteiger partial charge is 0.324 e. The fourth-order valence-corrected chi connectivity index (χ4v) is 2.09. The number of carbonyl (C=O) groups excluding carboxylic acids is 1. The third-order valence-corrected chi connectivity index (χ3v) is 3.37. The highest BCUT2D eigenvalue weighted by Crippen LogP contribution is 2.16. The molecule has 0 heterocycles. The number of hydrogen-bond acceptors (Lipinski definition) is 2. The highest BCUT2D eigenvalue weighted by molar-refractivity contribution is 5.95. The van der Waals surface area contributed by atoms with Crippen molar-refractivity contribution in [2.75, 3.05) is 5.32 Å². The molecule has 0 aliphatic carbocycles. The maximum absolute atomic E-state index is 13.0. The standard InChI is InChI=1S/C17H19FN2O/c1-12-11-14(18)8-10-16(12)20-17(21)15(19)9-7-13-5-3-2-4-6-13/h2-6,8,10-11,15H,7,9,19H2,1H3,(H,20,21)/t15-/m0/s1. The molecule has 110 valence electrons. The van der Waals surface area contributed by atoms with Crippen molar-refractivity contribution >= 4 is 11.6 Å². The molecule has 2 aromatic rings. The molecule has 0 saturated carbocycles. The van der Waals surface area contributed by atoms with Gasteiger partial charge >= 0.3 is 0 Å². The van der Waals surface area contributed by atoms with Crippen molar-refractivity contribution in [2.24, 2.45) is 5.73 Å². The Labute approximate surface area is 124 Å². The van der Waals surface area contributed by atoms with E-state index in [-0.39, 0.29) is 11.7 Å². The van der Waals surface area contributed by atoms with Crippen LogP contribution in [-0.2, 0) is 11.2 Å². The Hall–Kier alpha value is -2.20. The first-order chi connectivity index (χ1) is 10.1. The molecule has 0 saturated heterocycles. The number of nitrogens with one attached hydrogen (secondary N) is 1. The normalized spacial score (nSPS) is 12.0. The summed E-state index contributed by atoms with van der Waals surface area (Å²) in [5.74, 6) is -0.570. The van der Waals surface area contributed by atoms with Gasteiger partial charge in [0, 0.05) is 5.69 Å². The minimum absolute atomic E-state index is 0.249. The third kappa shape index (κ3) is 4.39. The smallest absolute Gasteiger partial charge is 0.241 e. The zero-order valence-electron chi connectivity index (χ0n) is 12.0. The molecule has 0 fully saturated rings. The molecule has 0 bridgehead atoms. The molecule has 0 aliphatic rings. The fourth-order valence-electron chi connectivity index (χ4n) is 2.09. The molecule has 3 nitrogen and oxygen atoms in total. The maximum Gasteiger partial charge on any atom is 0.241 e. The van der Waals surface area contributed by atoms with Gasteiger partial charge in [-0.25, -0.2) is 4.39 Å². The molecule has 1 atom stereocenters. The topological polar surface area (TPSA) is 55.1 Å². The van der Waals surface area contributed by atoms with Crippen LogP contribution in [0.1, 0.15) is 17.5 Å². The summed E-state index contributed by atoms with van der Waals surface area (Å²) >= 11 is 0.